The molecule has 0 unspecified atom stereocenters. The number of para-hydroxylation sites is 1. The van der Waals surface area contributed by atoms with Crippen LogP contribution < -0.4 is 15.6 Å². The van der Waals surface area contributed by atoms with Crippen LogP contribution in [-0.2, 0) is 20.9 Å². The maximum atomic E-state index is 12.4. The van der Waals surface area contributed by atoms with E-state index in [9.17, 15) is 14.4 Å². The number of halogens is 1. The zero-order valence-corrected chi connectivity index (χ0v) is 15.6. The molecule has 1 aromatic heterocycles. The highest BCUT2D eigenvalue weighted by molar-refractivity contribution is 6.31. The fraction of sp³-hybridized carbons (Fsp3) is 0.158. The van der Waals surface area contributed by atoms with E-state index in [1.165, 1.54) is 19.5 Å². The molecule has 0 aliphatic rings. The molecule has 0 saturated heterocycles. The van der Waals surface area contributed by atoms with Crippen molar-refractivity contribution < 1.29 is 19.1 Å². The predicted octanol–water partition coefficient (Wildman–Crippen LogP) is 2.24. The second-order valence-corrected chi connectivity index (χ2v) is 6.18. The van der Waals surface area contributed by atoms with E-state index in [1.54, 1.807) is 36.4 Å². The Hall–Kier alpha value is -3.39. The molecule has 2 aromatic carbocycles. The van der Waals surface area contributed by atoms with Crippen LogP contribution in [0.2, 0.25) is 5.02 Å². The first-order valence-electron chi connectivity index (χ1n) is 8.21. The summed E-state index contributed by atoms with van der Waals surface area (Å²) in [6, 6.07) is 11.5. The van der Waals surface area contributed by atoms with E-state index < -0.39 is 18.5 Å². The monoisotopic (exact) mass is 401 g/mol. The van der Waals surface area contributed by atoms with E-state index in [-0.39, 0.29) is 12.1 Å². The van der Waals surface area contributed by atoms with Gasteiger partial charge in [-0.25, -0.2) is 4.98 Å². The van der Waals surface area contributed by atoms with Crippen LogP contribution >= 0.6 is 11.6 Å². The van der Waals surface area contributed by atoms with Crippen LogP contribution in [-0.4, -0.2) is 35.1 Å². The molecule has 0 fully saturated rings. The summed E-state index contributed by atoms with van der Waals surface area (Å²) in [5.74, 6) is -0.900. The highest BCUT2D eigenvalue weighted by Gasteiger charge is 2.13. The molecular weight excluding hydrogens is 386 g/mol. The number of benzene rings is 2. The molecule has 9 heteroatoms. The van der Waals surface area contributed by atoms with Crippen LogP contribution in [0, 0.1) is 0 Å². The zero-order valence-electron chi connectivity index (χ0n) is 14.8. The van der Waals surface area contributed by atoms with Gasteiger partial charge in [0.15, 0.2) is 6.61 Å². The number of hydrogen-bond acceptors (Lipinski definition) is 6. The van der Waals surface area contributed by atoms with E-state index in [1.807, 2.05) is 0 Å². The van der Waals surface area contributed by atoms with Gasteiger partial charge in [0.05, 0.1) is 30.0 Å². The number of carbonyl (C=O) groups is 2. The molecular formula is C19H16ClN3O5. The standard InChI is InChI=1S/C19H16ClN3O5/c1-27-16-7-6-12(20)8-15(16)22-17(24)10-28-18(25)9-23-11-21-14-5-3-2-4-13(14)19(23)26/h2-8,11H,9-10H2,1H3,(H,22,24). The van der Waals surface area contributed by atoms with Crippen molar-refractivity contribution in [2.24, 2.45) is 0 Å². The number of hydrogen-bond donors (Lipinski definition) is 1. The molecule has 0 radical (unpaired) electrons. The van der Waals surface area contributed by atoms with Crippen molar-refractivity contribution in [3.8, 4) is 5.75 Å². The molecule has 8 nitrogen and oxygen atoms in total. The highest BCUT2D eigenvalue weighted by atomic mass is 35.5. The Morgan fingerprint density at radius 3 is 2.79 bits per heavy atom. The van der Waals surface area contributed by atoms with Crippen LogP contribution in [0.5, 0.6) is 5.75 Å². The number of aromatic nitrogens is 2. The summed E-state index contributed by atoms with van der Waals surface area (Å²) in [4.78, 5) is 40.5. The molecule has 28 heavy (non-hydrogen) atoms. The lowest BCUT2D eigenvalue weighted by atomic mass is 10.2. The first-order chi connectivity index (χ1) is 13.5. The molecule has 0 aliphatic carbocycles. The van der Waals surface area contributed by atoms with Gasteiger partial charge >= 0.3 is 5.97 Å². The second kappa shape index (κ2) is 8.53. The lowest BCUT2D eigenvalue weighted by molar-refractivity contribution is -0.147. The van der Waals surface area contributed by atoms with Gasteiger partial charge in [-0.15, -0.1) is 0 Å². The van der Waals surface area contributed by atoms with Crippen LogP contribution in [0.3, 0.4) is 0 Å². The van der Waals surface area contributed by atoms with Gasteiger partial charge in [0.25, 0.3) is 11.5 Å². The number of fused-ring (bicyclic) bond motifs is 1. The highest BCUT2D eigenvalue weighted by Crippen LogP contribution is 2.27. The van der Waals surface area contributed by atoms with Crippen LogP contribution in [0.4, 0.5) is 5.69 Å². The van der Waals surface area contributed by atoms with E-state index in [4.69, 9.17) is 21.1 Å². The third-order valence-electron chi connectivity index (χ3n) is 3.83. The van der Waals surface area contributed by atoms with Gasteiger partial charge in [-0.2, -0.15) is 0 Å². The number of nitrogens with zero attached hydrogens (tertiary/aromatic N) is 2. The Morgan fingerprint density at radius 1 is 1.21 bits per heavy atom. The first-order valence-corrected chi connectivity index (χ1v) is 8.59. The number of anilines is 1. The number of carbonyl (C=O) groups excluding carboxylic acids is 2. The molecule has 0 atom stereocenters. The molecule has 1 N–H and O–H groups in total. The largest absolute Gasteiger partial charge is 0.495 e. The van der Waals surface area contributed by atoms with Crippen molar-refractivity contribution in [3.05, 3.63) is 64.2 Å². The normalized spacial score (nSPS) is 10.5. The number of methoxy groups -OCH3 is 1. The molecule has 0 spiro atoms. The lowest BCUT2D eigenvalue weighted by Crippen LogP contribution is -2.28. The minimum Gasteiger partial charge on any atom is -0.495 e. The number of esters is 1. The topological polar surface area (TPSA) is 99.5 Å². The third kappa shape index (κ3) is 4.47. The van der Waals surface area contributed by atoms with Crippen molar-refractivity contribution in [3.63, 3.8) is 0 Å². The molecule has 3 rings (SSSR count). The molecule has 1 heterocycles. The number of rotatable bonds is 6. The minimum absolute atomic E-state index is 0.353. The minimum atomic E-state index is -0.743. The Labute approximate surface area is 164 Å². The molecule has 3 aromatic rings. The number of amides is 1. The summed E-state index contributed by atoms with van der Waals surface area (Å²) in [6.07, 6.45) is 1.27. The maximum Gasteiger partial charge on any atom is 0.326 e. The van der Waals surface area contributed by atoms with Crippen LogP contribution in [0.25, 0.3) is 10.9 Å². The molecule has 0 aliphatic heterocycles. The lowest BCUT2D eigenvalue weighted by Gasteiger charge is -2.11. The quantitative estimate of drug-likeness (QED) is 0.636. The average Bonchev–Trinajstić information content (AvgIpc) is 2.69. The van der Waals surface area contributed by atoms with Gasteiger partial charge in [-0.05, 0) is 30.3 Å². The Kier molecular flexibility index (Phi) is 5.90. The van der Waals surface area contributed by atoms with Crippen LogP contribution in [0.15, 0.2) is 53.6 Å². The summed E-state index contributed by atoms with van der Waals surface area (Å²) < 4.78 is 11.2. The fourth-order valence-electron chi connectivity index (χ4n) is 2.51. The predicted molar refractivity (Wildman–Crippen MR) is 104 cm³/mol. The van der Waals surface area contributed by atoms with Gasteiger partial charge in [0.2, 0.25) is 0 Å². The van der Waals surface area contributed by atoms with Gasteiger partial charge in [-0.3, -0.25) is 19.0 Å². The summed E-state index contributed by atoms with van der Waals surface area (Å²) in [5, 5.41) is 3.36. The van der Waals surface area contributed by atoms with Crippen molar-refractivity contribution >= 4 is 40.1 Å². The second-order valence-electron chi connectivity index (χ2n) is 5.75. The van der Waals surface area contributed by atoms with Gasteiger partial charge < -0.3 is 14.8 Å². The number of ether oxygens (including phenoxy) is 2. The molecule has 144 valence electrons. The summed E-state index contributed by atoms with van der Waals surface area (Å²) in [7, 11) is 1.45. The summed E-state index contributed by atoms with van der Waals surface area (Å²) in [5.41, 5.74) is 0.522. The maximum absolute atomic E-state index is 12.4. The van der Waals surface area contributed by atoms with Crippen molar-refractivity contribution in [1.29, 1.82) is 0 Å². The van der Waals surface area contributed by atoms with Crippen LogP contribution in [0.1, 0.15) is 0 Å². The van der Waals surface area contributed by atoms with E-state index in [2.05, 4.69) is 10.3 Å². The average molecular weight is 402 g/mol. The molecule has 0 bridgehead atoms. The van der Waals surface area contributed by atoms with Crippen molar-refractivity contribution in [2.45, 2.75) is 6.54 Å². The Morgan fingerprint density at radius 2 is 2.00 bits per heavy atom. The summed E-state index contributed by atoms with van der Waals surface area (Å²) in [6.45, 7) is -0.880. The summed E-state index contributed by atoms with van der Waals surface area (Å²) >= 11 is 5.90. The van der Waals surface area contributed by atoms with E-state index >= 15 is 0 Å². The molecule has 0 saturated carbocycles. The zero-order chi connectivity index (χ0) is 20.1. The SMILES string of the molecule is COc1ccc(Cl)cc1NC(=O)COC(=O)Cn1cnc2ccccc2c1=O. The van der Waals surface area contributed by atoms with Crippen molar-refractivity contribution in [1.82, 2.24) is 9.55 Å². The Bertz CT molecular complexity index is 1100. The van der Waals surface area contributed by atoms with Gasteiger partial charge in [0, 0.05) is 5.02 Å². The van der Waals surface area contributed by atoms with Crippen molar-refractivity contribution in [2.75, 3.05) is 19.0 Å². The van der Waals surface area contributed by atoms with Gasteiger partial charge in [-0.1, -0.05) is 23.7 Å². The molecule has 1 amide bonds. The first kappa shape index (κ1) is 19.4. The number of nitrogens with one attached hydrogen (secondary N) is 1. The van der Waals surface area contributed by atoms with Gasteiger partial charge in [0.1, 0.15) is 12.3 Å². The van der Waals surface area contributed by atoms with E-state index in [0.717, 1.165) is 4.57 Å². The fourth-order valence-corrected chi connectivity index (χ4v) is 2.69. The Balaban J connectivity index is 1.60. The third-order valence-corrected chi connectivity index (χ3v) is 4.07. The smallest absolute Gasteiger partial charge is 0.326 e. The van der Waals surface area contributed by atoms with E-state index in [0.29, 0.717) is 27.4 Å².